The van der Waals surface area contributed by atoms with Gasteiger partial charge in [0.15, 0.2) is 0 Å². The van der Waals surface area contributed by atoms with Crippen LogP contribution in [0.25, 0.3) is 0 Å². The molecule has 0 aliphatic rings. The van der Waals surface area contributed by atoms with Crippen molar-refractivity contribution in [3.63, 3.8) is 0 Å². The maximum Gasteiger partial charge on any atom is 0.142 e. The number of ether oxygens (including phenoxy) is 1. The van der Waals surface area contributed by atoms with E-state index < -0.39 is 0 Å². The molecule has 0 aliphatic carbocycles. The molecule has 0 saturated heterocycles. The van der Waals surface area contributed by atoms with E-state index in [9.17, 15) is 0 Å². The van der Waals surface area contributed by atoms with Crippen LogP contribution in [0.5, 0.6) is 5.75 Å². The van der Waals surface area contributed by atoms with Gasteiger partial charge in [0.05, 0.1) is 12.8 Å². The third kappa shape index (κ3) is 2.34. The molecule has 0 bridgehead atoms. The van der Waals surface area contributed by atoms with E-state index in [2.05, 4.69) is 18.3 Å². The molecule has 2 aromatic rings. The summed E-state index contributed by atoms with van der Waals surface area (Å²) in [4.78, 5) is 0. The molecule has 0 saturated carbocycles. The largest absolute Gasteiger partial charge is 0.495 e. The Morgan fingerprint density at radius 3 is 2.44 bits per heavy atom. The van der Waals surface area contributed by atoms with Crippen molar-refractivity contribution in [2.75, 3.05) is 12.4 Å². The van der Waals surface area contributed by atoms with Gasteiger partial charge in [-0.05, 0) is 36.8 Å². The van der Waals surface area contributed by atoms with Crippen LogP contribution in [0.15, 0.2) is 48.5 Å². The number of rotatable bonds is 3. The van der Waals surface area contributed by atoms with Crippen LogP contribution < -0.4 is 10.1 Å². The van der Waals surface area contributed by atoms with Gasteiger partial charge in [-0.25, -0.2) is 0 Å². The van der Waals surface area contributed by atoms with Gasteiger partial charge in [0.1, 0.15) is 5.75 Å². The molecule has 0 heterocycles. The summed E-state index contributed by atoms with van der Waals surface area (Å²) in [6, 6.07) is 16.2. The molecule has 0 amide bonds. The summed E-state index contributed by atoms with van der Waals surface area (Å²) in [6.45, 7) is 2.05. The Morgan fingerprint density at radius 2 is 1.75 bits per heavy atom. The monoisotopic (exact) mass is 213 g/mol. The number of benzene rings is 2. The molecule has 2 nitrogen and oxygen atoms in total. The molecular weight excluding hydrogens is 198 g/mol. The molecule has 2 aromatic carbocycles. The second-order valence-corrected chi connectivity index (χ2v) is 3.69. The van der Waals surface area contributed by atoms with Gasteiger partial charge in [-0.3, -0.25) is 0 Å². The molecule has 82 valence electrons. The van der Waals surface area contributed by atoms with Crippen LogP contribution in [-0.2, 0) is 0 Å². The van der Waals surface area contributed by atoms with E-state index in [1.54, 1.807) is 7.11 Å². The van der Waals surface area contributed by atoms with Crippen molar-refractivity contribution in [1.29, 1.82) is 0 Å². The van der Waals surface area contributed by atoms with E-state index in [4.69, 9.17) is 4.74 Å². The van der Waals surface area contributed by atoms with Crippen LogP contribution in [0, 0.1) is 6.92 Å². The van der Waals surface area contributed by atoms with Crippen molar-refractivity contribution in [3.8, 4) is 5.75 Å². The third-order valence-electron chi connectivity index (χ3n) is 2.41. The normalized spacial score (nSPS) is 9.88. The standard InChI is InChI=1S/C14H15NO/c1-11-8-9-13(14(10-11)16-2)15-12-6-4-3-5-7-12/h3-10,15H,1-2H3. The van der Waals surface area contributed by atoms with E-state index in [1.807, 2.05) is 42.5 Å². The summed E-state index contributed by atoms with van der Waals surface area (Å²) >= 11 is 0. The lowest BCUT2D eigenvalue weighted by Crippen LogP contribution is -1.94. The quantitative estimate of drug-likeness (QED) is 0.838. The van der Waals surface area contributed by atoms with Gasteiger partial charge in [-0.2, -0.15) is 0 Å². The number of hydrogen-bond acceptors (Lipinski definition) is 2. The van der Waals surface area contributed by atoms with Crippen LogP contribution in [0.4, 0.5) is 11.4 Å². The molecule has 0 radical (unpaired) electrons. The highest BCUT2D eigenvalue weighted by Gasteiger charge is 2.02. The van der Waals surface area contributed by atoms with Crippen molar-refractivity contribution >= 4 is 11.4 Å². The van der Waals surface area contributed by atoms with Gasteiger partial charge in [0, 0.05) is 5.69 Å². The number of para-hydroxylation sites is 1. The highest BCUT2D eigenvalue weighted by molar-refractivity contribution is 5.66. The fourth-order valence-electron chi connectivity index (χ4n) is 1.58. The highest BCUT2D eigenvalue weighted by Crippen LogP contribution is 2.28. The molecule has 0 atom stereocenters. The molecule has 0 spiro atoms. The summed E-state index contributed by atoms with van der Waals surface area (Å²) in [5, 5.41) is 3.33. The van der Waals surface area contributed by atoms with E-state index in [0.717, 1.165) is 17.1 Å². The average molecular weight is 213 g/mol. The molecule has 1 N–H and O–H groups in total. The fourth-order valence-corrected chi connectivity index (χ4v) is 1.58. The molecular formula is C14H15NO. The van der Waals surface area contributed by atoms with Crippen LogP contribution in [-0.4, -0.2) is 7.11 Å². The SMILES string of the molecule is COc1cc(C)ccc1Nc1ccccc1. The van der Waals surface area contributed by atoms with Crippen LogP contribution >= 0.6 is 0 Å². The Morgan fingerprint density at radius 1 is 1.00 bits per heavy atom. The van der Waals surface area contributed by atoms with Gasteiger partial charge in [-0.15, -0.1) is 0 Å². The minimum atomic E-state index is 0.865. The van der Waals surface area contributed by atoms with E-state index >= 15 is 0 Å². The van der Waals surface area contributed by atoms with Crippen molar-refractivity contribution in [2.24, 2.45) is 0 Å². The lowest BCUT2D eigenvalue weighted by molar-refractivity contribution is 0.416. The lowest BCUT2D eigenvalue weighted by atomic mass is 10.2. The molecule has 2 heteroatoms. The fraction of sp³-hybridized carbons (Fsp3) is 0.143. The van der Waals surface area contributed by atoms with Crippen LogP contribution in [0.1, 0.15) is 5.56 Å². The Kier molecular flexibility index (Phi) is 3.10. The first-order valence-corrected chi connectivity index (χ1v) is 5.26. The number of aryl methyl sites for hydroxylation is 1. The number of nitrogens with one attached hydrogen (secondary N) is 1. The summed E-state index contributed by atoms with van der Waals surface area (Å²) < 4.78 is 5.34. The topological polar surface area (TPSA) is 21.3 Å². The Balaban J connectivity index is 2.28. The number of hydrogen-bond donors (Lipinski definition) is 1. The van der Waals surface area contributed by atoms with Gasteiger partial charge in [0.25, 0.3) is 0 Å². The van der Waals surface area contributed by atoms with E-state index in [-0.39, 0.29) is 0 Å². The van der Waals surface area contributed by atoms with E-state index in [0.29, 0.717) is 0 Å². The first kappa shape index (κ1) is 10.6. The average Bonchev–Trinajstić information content (AvgIpc) is 2.33. The maximum absolute atomic E-state index is 5.34. The zero-order valence-electron chi connectivity index (χ0n) is 9.53. The minimum Gasteiger partial charge on any atom is -0.495 e. The summed E-state index contributed by atoms with van der Waals surface area (Å²) in [7, 11) is 1.69. The second kappa shape index (κ2) is 4.71. The molecule has 0 fully saturated rings. The molecule has 2 rings (SSSR count). The number of anilines is 2. The van der Waals surface area contributed by atoms with Crippen molar-refractivity contribution in [1.82, 2.24) is 0 Å². The van der Waals surface area contributed by atoms with Gasteiger partial charge in [0.2, 0.25) is 0 Å². The minimum absolute atomic E-state index is 0.865. The van der Waals surface area contributed by atoms with E-state index in [1.165, 1.54) is 5.56 Å². The first-order chi connectivity index (χ1) is 7.79. The zero-order valence-corrected chi connectivity index (χ0v) is 9.53. The highest BCUT2D eigenvalue weighted by atomic mass is 16.5. The maximum atomic E-state index is 5.34. The van der Waals surface area contributed by atoms with Gasteiger partial charge < -0.3 is 10.1 Å². The molecule has 0 aromatic heterocycles. The predicted octanol–water partition coefficient (Wildman–Crippen LogP) is 3.75. The summed E-state index contributed by atoms with van der Waals surface area (Å²) in [5.41, 5.74) is 3.24. The molecule has 16 heavy (non-hydrogen) atoms. The Labute approximate surface area is 95.9 Å². The third-order valence-corrected chi connectivity index (χ3v) is 2.41. The lowest BCUT2D eigenvalue weighted by Gasteiger charge is -2.11. The Hall–Kier alpha value is -1.96. The number of methoxy groups -OCH3 is 1. The molecule has 0 aliphatic heterocycles. The Bertz CT molecular complexity index is 465. The van der Waals surface area contributed by atoms with Crippen molar-refractivity contribution in [2.45, 2.75) is 6.92 Å². The zero-order chi connectivity index (χ0) is 11.4. The van der Waals surface area contributed by atoms with Crippen LogP contribution in [0.2, 0.25) is 0 Å². The summed E-state index contributed by atoms with van der Waals surface area (Å²) in [5.74, 6) is 0.865. The predicted molar refractivity (Wildman–Crippen MR) is 67.5 cm³/mol. The second-order valence-electron chi connectivity index (χ2n) is 3.69. The van der Waals surface area contributed by atoms with Crippen molar-refractivity contribution < 1.29 is 4.74 Å². The molecule has 0 unspecified atom stereocenters. The first-order valence-electron chi connectivity index (χ1n) is 5.26. The smallest absolute Gasteiger partial charge is 0.142 e. The van der Waals surface area contributed by atoms with Gasteiger partial charge in [-0.1, -0.05) is 24.3 Å². The van der Waals surface area contributed by atoms with Gasteiger partial charge >= 0.3 is 0 Å². The van der Waals surface area contributed by atoms with Crippen LogP contribution in [0.3, 0.4) is 0 Å². The summed E-state index contributed by atoms with van der Waals surface area (Å²) in [6.07, 6.45) is 0. The van der Waals surface area contributed by atoms with Crippen molar-refractivity contribution in [3.05, 3.63) is 54.1 Å².